The highest BCUT2D eigenvalue weighted by molar-refractivity contribution is 5.79. The van der Waals surface area contributed by atoms with Crippen molar-refractivity contribution in [2.75, 3.05) is 13.1 Å². The van der Waals surface area contributed by atoms with E-state index in [4.69, 9.17) is 0 Å². The van der Waals surface area contributed by atoms with Crippen LogP contribution in [0.25, 0.3) is 0 Å². The first kappa shape index (κ1) is 14.2. The van der Waals surface area contributed by atoms with Gasteiger partial charge in [-0.05, 0) is 38.5 Å². The maximum atomic E-state index is 12.2. The second-order valence-corrected chi connectivity index (χ2v) is 6.29. The molecule has 2 N–H and O–H groups in total. The summed E-state index contributed by atoms with van der Waals surface area (Å²) in [6, 6.07) is -0.330. The average molecular weight is 268 g/mol. The predicted molar refractivity (Wildman–Crippen MR) is 71.9 cm³/mol. The lowest BCUT2D eigenvalue weighted by Gasteiger charge is -2.34. The highest BCUT2D eigenvalue weighted by Crippen LogP contribution is 2.38. The molecular weight excluding hydrogens is 244 g/mol. The Kier molecular flexibility index (Phi) is 4.02. The normalized spacial score (nSPS) is 32.3. The molecular formula is C14H24N2O3. The molecule has 2 amide bonds. The van der Waals surface area contributed by atoms with Crippen LogP contribution in [0, 0.1) is 11.3 Å². The van der Waals surface area contributed by atoms with E-state index in [1.807, 2.05) is 4.90 Å². The Morgan fingerprint density at radius 3 is 2.47 bits per heavy atom. The van der Waals surface area contributed by atoms with E-state index in [2.05, 4.69) is 12.2 Å². The first-order valence-electron chi connectivity index (χ1n) is 7.22. The van der Waals surface area contributed by atoms with Gasteiger partial charge in [-0.2, -0.15) is 0 Å². The molecule has 19 heavy (non-hydrogen) atoms. The van der Waals surface area contributed by atoms with Crippen molar-refractivity contribution in [3.63, 3.8) is 0 Å². The number of piperidine rings is 1. The Bertz CT molecular complexity index is 364. The molecule has 1 saturated heterocycles. The lowest BCUT2D eigenvalue weighted by atomic mass is 9.85. The van der Waals surface area contributed by atoms with Gasteiger partial charge in [0.1, 0.15) is 0 Å². The van der Waals surface area contributed by atoms with Crippen molar-refractivity contribution in [1.82, 2.24) is 10.2 Å². The third kappa shape index (κ3) is 2.85. The molecule has 2 rings (SSSR count). The van der Waals surface area contributed by atoms with Gasteiger partial charge in [-0.3, -0.25) is 4.79 Å². The lowest BCUT2D eigenvalue weighted by molar-refractivity contribution is -0.148. The van der Waals surface area contributed by atoms with Crippen LogP contribution in [0.2, 0.25) is 0 Å². The topological polar surface area (TPSA) is 69.6 Å². The van der Waals surface area contributed by atoms with Crippen molar-refractivity contribution in [2.24, 2.45) is 11.3 Å². The fraction of sp³-hybridized carbons (Fsp3) is 0.857. The van der Waals surface area contributed by atoms with Crippen LogP contribution in [0.4, 0.5) is 4.79 Å². The van der Waals surface area contributed by atoms with Crippen LogP contribution in [-0.2, 0) is 4.79 Å². The van der Waals surface area contributed by atoms with Gasteiger partial charge in [-0.15, -0.1) is 0 Å². The van der Waals surface area contributed by atoms with Gasteiger partial charge in [-0.25, -0.2) is 4.79 Å². The summed E-state index contributed by atoms with van der Waals surface area (Å²) >= 11 is 0. The molecule has 2 fully saturated rings. The van der Waals surface area contributed by atoms with E-state index in [0.29, 0.717) is 12.3 Å². The summed E-state index contributed by atoms with van der Waals surface area (Å²) in [4.78, 5) is 25.4. The molecule has 2 unspecified atom stereocenters. The van der Waals surface area contributed by atoms with E-state index in [1.165, 1.54) is 0 Å². The van der Waals surface area contributed by atoms with Crippen molar-refractivity contribution in [1.29, 1.82) is 0 Å². The zero-order valence-corrected chi connectivity index (χ0v) is 11.8. The van der Waals surface area contributed by atoms with Gasteiger partial charge in [0.05, 0.1) is 5.41 Å². The second-order valence-electron chi connectivity index (χ2n) is 6.29. The summed E-state index contributed by atoms with van der Waals surface area (Å²) in [6.07, 6.45) is 4.34. The Balaban J connectivity index is 1.93. The second kappa shape index (κ2) is 5.39. The minimum Gasteiger partial charge on any atom is -0.481 e. The molecule has 1 heterocycles. The van der Waals surface area contributed by atoms with Crippen LogP contribution >= 0.6 is 0 Å². The number of carbonyl (C=O) groups is 2. The summed E-state index contributed by atoms with van der Waals surface area (Å²) in [6.45, 7) is 5.51. The Hall–Kier alpha value is -1.26. The van der Waals surface area contributed by atoms with E-state index < -0.39 is 11.4 Å². The number of carboxylic acid groups (broad SMARTS) is 1. The summed E-state index contributed by atoms with van der Waals surface area (Å²) in [5, 5.41) is 12.3. The van der Waals surface area contributed by atoms with Crippen molar-refractivity contribution < 1.29 is 14.7 Å². The molecule has 2 atom stereocenters. The molecule has 0 aromatic heterocycles. The molecule has 1 aliphatic carbocycles. The summed E-state index contributed by atoms with van der Waals surface area (Å²) < 4.78 is 0. The molecule has 0 radical (unpaired) electrons. The fourth-order valence-corrected chi connectivity index (χ4v) is 3.11. The first-order valence-corrected chi connectivity index (χ1v) is 7.22. The van der Waals surface area contributed by atoms with E-state index in [-0.39, 0.29) is 12.1 Å². The number of amides is 2. The van der Waals surface area contributed by atoms with Gasteiger partial charge in [0.15, 0.2) is 0 Å². The number of nitrogens with one attached hydrogen (secondary N) is 1. The van der Waals surface area contributed by atoms with Gasteiger partial charge in [0.2, 0.25) is 0 Å². The molecule has 1 saturated carbocycles. The van der Waals surface area contributed by atoms with Crippen molar-refractivity contribution in [3.8, 4) is 0 Å². The molecule has 5 nitrogen and oxygen atoms in total. The maximum Gasteiger partial charge on any atom is 0.317 e. The zero-order chi connectivity index (χ0) is 14.0. The third-order valence-electron chi connectivity index (χ3n) is 4.82. The summed E-state index contributed by atoms with van der Waals surface area (Å²) in [5.74, 6) is -0.123. The molecule has 0 aromatic carbocycles. The smallest absolute Gasteiger partial charge is 0.317 e. The largest absolute Gasteiger partial charge is 0.481 e. The Morgan fingerprint density at radius 1 is 1.26 bits per heavy atom. The predicted octanol–water partition coefficient (Wildman–Crippen LogP) is 2.07. The number of likely N-dealkylation sites (tertiary alicyclic amines) is 1. The van der Waals surface area contributed by atoms with Crippen LogP contribution in [0.1, 0.15) is 46.0 Å². The molecule has 0 spiro atoms. The number of rotatable bonds is 2. The number of carboxylic acids is 1. The highest BCUT2D eigenvalue weighted by Gasteiger charge is 2.46. The quantitative estimate of drug-likeness (QED) is 0.805. The number of hydrogen-bond donors (Lipinski definition) is 2. The van der Waals surface area contributed by atoms with Gasteiger partial charge in [0.25, 0.3) is 0 Å². The van der Waals surface area contributed by atoms with E-state index in [0.717, 1.165) is 38.8 Å². The van der Waals surface area contributed by atoms with E-state index >= 15 is 0 Å². The van der Waals surface area contributed by atoms with Crippen LogP contribution in [0.3, 0.4) is 0 Å². The lowest BCUT2D eigenvalue weighted by Crippen LogP contribution is -2.52. The molecule has 2 aliphatic rings. The summed E-state index contributed by atoms with van der Waals surface area (Å²) in [5.41, 5.74) is -0.807. The van der Waals surface area contributed by atoms with Crippen LogP contribution in [0.5, 0.6) is 0 Å². The highest BCUT2D eigenvalue weighted by atomic mass is 16.4. The monoisotopic (exact) mass is 268 g/mol. The SMILES string of the molecule is CC1CCN(C(=O)NC2CCCC2(C)C(=O)O)CC1. The van der Waals surface area contributed by atoms with Crippen molar-refractivity contribution in [3.05, 3.63) is 0 Å². The molecule has 0 bridgehead atoms. The average Bonchev–Trinajstić information content (AvgIpc) is 2.73. The third-order valence-corrected chi connectivity index (χ3v) is 4.82. The van der Waals surface area contributed by atoms with Gasteiger partial charge >= 0.3 is 12.0 Å². The number of nitrogens with zero attached hydrogens (tertiary/aromatic N) is 1. The van der Waals surface area contributed by atoms with Crippen LogP contribution in [0.15, 0.2) is 0 Å². The van der Waals surface area contributed by atoms with Crippen LogP contribution < -0.4 is 5.32 Å². The van der Waals surface area contributed by atoms with E-state index in [1.54, 1.807) is 6.92 Å². The standard InChI is InChI=1S/C14H24N2O3/c1-10-5-8-16(9-6-10)13(19)15-11-4-3-7-14(11,2)12(17)18/h10-11H,3-9H2,1-2H3,(H,15,19)(H,17,18). The zero-order valence-electron chi connectivity index (χ0n) is 11.8. The van der Waals surface area contributed by atoms with Gasteiger partial charge in [-0.1, -0.05) is 13.3 Å². The van der Waals surface area contributed by atoms with Crippen molar-refractivity contribution >= 4 is 12.0 Å². The Labute approximate surface area is 114 Å². The fourth-order valence-electron chi connectivity index (χ4n) is 3.11. The maximum absolute atomic E-state index is 12.2. The molecule has 1 aliphatic heterocycles. The Morgan fingerprint density at radius 2 is 1.89 bits per heavy atom. The molecule has 0 aromatic rings. The first-order chi connectivity index (χ1) is 8.93. The summed E-state index contributed by atoms with van der Waals surface area (Å²) in [7, 11) is 0. The number of aliphatic carboxylic acids is 1. The minimum absolute atomic E-state index is 0.0914. The number of urea groups is 1. The number of carbonyl (C=O) groups excluding carboxylic acids is 1. The number of hydrogen-bond acceptors (Lipinski definition) is 2. The van der Waals surface area contributed by atoms with Gasteiger partial charge in [0, 0.05) is 19.1 Å². The minimum atomic E-state index is -0.807. The van der Waals surface area contributed by atoms with Gasteiger partial charge < -0.3 is 15.3 Å². The molecule has 5 heteroatoms. The van der Waals surface area contributed by atoms with Crippen molar-refractivity contribution in [2.45, 2.75) is 52.0 Å². The molecule has 108 valence electrons. The van der Waals surface area contributed by atoms with E-state index in [9.17, 15) is 14.7 Å². The van der Waals surface area contributed by atoms with Crippen LogP contribution in [-0.4, -0.2) is 41.1 Å².